The van der Waals surface area contributed by atoms with E-state index in [1.807, 2.05) is 20.0 Å². The molecule has 1 aromatic heterocycles. The molecule has 2 N–H and O–H groups in total. The number of anilines is 1. The molecule has 6 nitrogen and oxygen atoms in total. The lowest BCUT2D eigenvalue weighted by Crippen LogP contribution is -2.35. The van der Waals surface area contributed by atoms with Crippen molar-refractivity contribution >= 4 is 36.7 Å². The Labute approximate surface area is 163 Å². The van der Waals surface area contributed by atoms with E-state index in [4.69, 9.17) is 0 Å². The van der Waals surface area contributed by atoms with Crippen LogP contribution in [0.2, 0.25) is 0 Å². The molecule has 8 heteroatoms. The number of amides is 1. The molecule has 1 aliphatic carbocycles. The molecule has 25 heavy (non-hydrogen) atoms. The molecule has 1 atom stereocenters. The van der Waals surface area contributed by atoms with E-state index in [1.54, 1.807) is 7.05 Å². The van der Waals surface area contributed by atoms with Gasteiger partial charge in [-0.15, -0.1) is 24.8 Å². The molecule has 1 aromatic rings. The molecule has 1 fully saturated rings. The van der Waals surface area contributed by atoms with Crippen molar-refractivity contribution in [2.24, 2.45) is 0 Å². The highest BCUT2D eigenvalue weighted by molar-refractivity contribution is 5.85. The minimum absolute atomic E-state index is 0. The largest absolute Gasteiger partial charge is 0.348 e. The molecule has 0 saturated heterocycles. The maximum Gasteiger partial charge on any atom is 0.234 e. The van der Waals surface area contributed by atoms with Crippen molar-refractivity contribution in [2.45, 2.75) is 58.0 Å². The van der Waals surface area contributed by atoms with Gasteiger partial charge in [0.1, 0.15) is 0 Å². The molecule has 2 rings (SSSR count). The SMILES string of the molecule is CNCC(=O)NC(C)c1cnc(N(C)C2CCCCC2)nc1C.Cl.Cl. The minimum Gasteiger partial charge on any atom is -0.348 e. The molecule has 1 amide bonds. The van der Waals surface area contributed by atoms with E-state index in [0.29, 0.717) is 12.6 Å². The Morgan fingerprint density at radius 1 is 1.32 bits per heavy atom. The molecule has 1 aliphatic rings. The zero-order valence-corrected chi connectivity index (χ0v) is 17.2. The Bertz CT molecular complexity index is 538. The van der Waals surface area contributed by atoms with Gasteiger partial charge in [0.25, 0.3) is 0 Å². The van der Waals surface area contributed by atoms with E-state index in [-0.39, 0.29) is 36.8 Å². The van der Waals surface area contributed by atoms with Gasteiger partial charge in [-0.1, -0.05) is 19.3 Å². The summed E-state index contributed by atoms with van der Waals surface area (Å²) in [5.41, 5.74) is 1.89. The number of nitrogens with one attached hydrogen (secondary N) is 2. The van der Waals surface area contributed by atoms with E-state index in [2.05, 4.69) is 32.5 Å². The van der Waals surface area contributed by atoms with E-state index in [0.717, 1.165) is 17.2 Å². The van der Waals surface area contributed by atoms with Gasteiger partial charge in [0.05, 0.1) is 12.6 Å². The van der Waals surface area contributed by atoms with Crippen LogP contribution >= 0.6 is 24.8 Å². The van der Waals surface area contributed by atoms with Gasteiger partial charge in [-0.25, -0.2) is 9.97 Å². The first-order chi connectivity index (χ1) is 11.0. The summed E-state index contributed by atoms with van der Waals surface area (Å²) in [5.74, 6) is 0.759. The molecule has 0 spiro atoms. The van der Waals surface area contributed by atoms with Gasteiger partial charge < -0.3 is 15.5 Å². The lowest BCUT2D eigenvalue weighted by molar-refractivity contribution is -0.120. The van der Waals surface area contributed by atoms with Gasteiger partial charge in [0, 0.05) is 30.5 Å². The number of likely N-dealkylation sites (N-methyl/N-ethyl adjacent to an activating group) is 1. The second-order valence-corrected chi connectivity index (χ2v) is 6.43. The highest BCUT2D eigenvalue weighted by Crippen LogP contribution is 2.25. The van der Waals surface area contributed by atoms with Crippen molar-refractivity contribution in [2.75, 3.05) is 25.5 Å². The third-order valence-corrected chi connectivity index (χ3v) is 4.62. The Morgan fingerprint density at radius 2 is 1.96 bits per heavy atom. The summed E-state index contributed by atoms with van der Waals surface area (Å²) in [7, 11) is 3.84. The van der Waals surface area contributed by atoms with E-state index in [1.165, 1.54) is 32.1 Å². The second kappa shape index (κ2) is 11.5. The fraction of sp³-hybridized carbons (Fsp3) is 0.706. The average molecular weight is 392 g/mol. The number of aryl methyl sites for hydroxylation is 1. The van der Waals surface area contributed by atoms with Crippen LogP contribution in [0.4, 0.5) is 5.95 Å². The summed E-state index contributed by atoms with van der Waals surface area (Å²) in [5, 5.41) is 5.80. The summed E-state index contributed by atoms with van der Waals surface area (Å²) in [4.78, 5) is 23.1. The lowest BCUT2D eigenvalue weighted by Gasteiger charge is -2.31. The number of hydrogen-bond donors (Lipinski definition) is 2. The molecule has 0 aliphatic heterocycles. The molecular weight excluding hydrogens is 361 g/mol. The van der Waals surface area contributed by atoms with Crippen molar-refractivity contribution in [3.05, 3.63) is 17.5 Å². The predicted octanol–water partition coefficient (Wildman–Crippen LogP) is 2.79. The van der Waals surface area contributed by atoms with Gasteiger partial charge in [-0.3, -0.25) is 4.79 Å². The zero-order chi connectivity index (χ0) is 16.8. The minimum atomic E-state index is -0.0927. The Morgan fingerprint density at radius 3 is 2.52 bits per heavy atom. The third kappa shape index (κ3) is 6.60. The van der Waals surface area contributed by atoms with Crippen LogP contribution in [0, 0.1) is 6.92 Å². The lowest BCUT2D eigenvalue weighted by atomic mass is 9.95. The summed E-state index contributed by atoms with van der Waals surface area (Å²) in [6.07, 6.45) is 8.21. The molecule has 1 saturated carbocycles. The van der Waals surface area contributed by atoms with Crippen LogP contribution < -0.4 is 15.5 Å². The van der Waals surface area contributed by atoms with E-state index in [9.17, 15) is 4.79 Å². The Hall–Kier alpha value is -1.11. The van der Waals surface area contributed by atoms with Crippen LogP contribution in [0.25, 0.3) is 0 Å². The average Bonchev–Trinajstić information content (AvgIpc) is 2.54. The first-order valence-corrected chi connectivity index (χ1v) is 8.53. The fourth-order valence-electron chi connectivity index (χ4n) is 3.22. The molecule has 1 unspecified atom stereocenters. The Balaban J connectivity index is 0.00000288. The molecule has 0 bridgehead atoms. The summed E-state index contributed by atoms with van der Waals surface area (Å²) in [6.45, 7) is 4.26. The maximum absolute atomic E-state index is 11.7. The standard InChI is InChI=1S/C17H29N5O.2ClH/c1-12(20-16(23)11-18-3)15-10-19-17(21-13(15)2)22(4)14-8-6-5-7-9-14;;/h10,12,14,18H,5-9,11H2,1-4H3,(H,20,23);2*1H. The van der Waals surface area contributed by atoms with Crippen molar-refractivity contribution in [3.63, 3.8) is 0 Å². The summed E-state index contributed by atoms with van der Waals surface area (Å²) >= 11 is 0. The molecule has 1 heterocycles. The number of hydrogen-bond acceptors (Lipinski definition) is 5. The first-order valence-electron chi connectivity index (χ1n) is 8.53. The summed E-state index contributed by atoms with van der Waals surface area (Å²) in [6, 6.07) is 0.451. The molecule has 144 valence electrons. The second-order valence-electron chi connectivity index (χ2n) is 6.43. The zero-order valence-electron chi connectivity index (χ0n) is 15.5. The topological polar surface area (TPSA) is 70.2 Å². The number of rotatable bonds is 6. The molecular formula is C17H31Cl2N5O. The van der Waals surface area contributed by atoms with Crippen molar-refractivity contribution < 1.29 is 4.79 Å². The van der Waals surface area contributed by atoms with Crippen LogP contribution in [-0.4, -0.2) is 42.6 Å². The highest BCUT2D eigenvalue weighted by Gasteiger charge is 2.21. The van der Waals surface area contributed by atoms with Crippen LogP contribution in [0.3, 0.4) is 0 Å². The van der Waals surface area contributed by atoms with Gasteiger partial charge in [-0.05, 0) is 33.7 Å². The Kier molecular flexibility index (Phi) is 11.0. The number of aromatic nitrogens is 2. The molecule has 0 radical (unpaired) electrons. The van der Waals surface area contributed by atoms with E-state index < -0.39 is 0 Å². The van der Waals surface area contributed by atoms with Gasteiger partial charge in [0.15, 0.2) is 0 Å². The number of carbonyl (C=O) groups excluding carboxylic acids is 1. The summed E-state index contributed by atoms with van der Waals surface area (Å²) < 4.78 is 0. The van der Waals surface area contributed by atoms with E-state index >= 15 is 0 Å². The van der Waals surface area contributed by atoms with Crippen LogP contribution in [0.5, 0.6) is 0 Å². The van der Waals surface area contributed by atoms with Gasteiger partial charge in [-0.2, -0.15) is 0 Å². The monoisotopic (exact) mass is 391 g/mol. The van der Waals surface area contributed by atoms with Crippen molar-refractivity contribution in [3.8, 4) is 0 Å². The van der Waals surface area contributed by atoms with Crippen LogP contribution in [0.1, 0.15) is 56.3 Å². The first kappa shape index (κ1) is 23.9. The van der Waals surface area contributed by atoms with Gasteiger partial charge >= 0.3 is 0 Å². The number of carbonyl (C=O) groups is 1. The number of nitrogens with zero attached hydrogens (tertiary/aromatic N) is 3. The maximum atomic E-state index is 11.7. The predicted molar refractivity (Wildman–Crippen MR) is 107 cm³/mol. The van der Waals surface area contributed by atoms with Crippen LogP contribution in [0.15, 0.2) is 6.20 Å². The third-order valence-electron chi connectivity index (χ3n) is 4.62. The normalized spacial score (nSPS) is 15.5. The van der Waals surface area contributed by atoms with Crippen molar-refractivity contribution in [1.29, 1.82) is 0 Å². The smallest absolute Gasteiger partial charge is 0.234 e. The molecule has 0 aromatic carbocycles. The fourth-order valence-corrected chi connectivity index (χ4v) is 3.22. The quantitative estimate of drug-likeness (QED) is 0.779. The van der Waals surface area contributed by atoms with Crippen molar-refractivity contribution in [1.82, 2.24) is 20.6 Å². The van der Waals surface area contributed by atoms with Gasteiger partial charge in [0.2, 0.25) is 11.9 Å². The number of halogens is 2. The van der Waals surface area contributed by atoms with Crippen LogP contribution in [-0.2, 0) is 4.79 Å². The highest BCUT2D eigenvalue weighted by atomic mass is 35.5.